The van der Waals surface area contributed by atoms with Crippen molar-refractivity contribution in [2.45, 2.75) is 28.6 Å². The van der Waals surface area contributed by atoms with Gasteiger partial charge in [-0.05, 0) is 42.0 Å². The van der Waals surface area contributed by atoms with E-state index in [1.165, 1.54) is 43.6 Å². The second-order valence-electron chi connectivity index (χ2n) is 7.12. The fraction of sp³-hybridized carbons (Fsp3) is 0.227. The van der Waals surface area contributed by atoms with Crippen LogP contribution < -0.4 is 9.80 Å². The van der Waals surface area contributed by atoms with E-state index in [2.05, 4.69) is 4.98 Å². The Hall–Kier alpha value is -3.11. The smallest absolute Gasteiger partial charge is 0.418 e. The van der Waals surface area contributed by atoms with Gasteiger partial charge in [-0.2, -0.15) is 13.2 Å². The molecule has 0 bridgehead atoms. The van der Waals surface area contributed by atoms with Crippen LogP contribution >= 0.6 is 0 Å². The molecule has 1 aliphatic heterocycles. The summed E-state index contributed by atoms with van der Waals surface area (Å²) in [4.78, 5) is 9.14. The van der Waals surface area contributed by atoms with Crippen molar-refractivity contribution in [3.05, 3.63) is 84.6 Å². The quantitative estimate of drug-likeness (QED) is 0.559. The number of nitrogens with zero attached hydrogens (tertiary/aromatic N) is 2. The van der Waals surface area contributed by atoms with Gasteiger partial charge in [0.1, 0.15) is 17.0 Å². The van der Waals surface area contributed by atoms with Gasteiger partial charge >= 0.3 is 6.18 Å². The molecular weight excluding hydrogens is 445 g/mol. The normalized spacial score (nSPS) is 21.5. The molecule has 6 nitrogen and oxygen atoms in total. The van der Waals surface area contributed by atoms with Crippen LogP contribution in [0.25, 0.3) is 0 Å². The molecular formula is C22H19F3N2O4S. The van der Waals surface area contributed by atoms with E-state index in [0.29, 0.717) is 17.0 Å². The van der Waals surface area contributed by atoms with Crippen molar-refractivity contribution in [1.82, 2.24) is 4.98 Å². The lowest BCUT2D eigenvalue weighted by Crippen LogP contribution is -2.43. The molecule has 1 aliphatic rings. The molecule has 0 spiro atoms. The van der Waals surface area contributed by atoms with Gasteiger partial charge in [0.05, 0.1) is 12.8 Å². The summed E-state index contributed by atoms with van der Waals surface area (Å²) in [5.41, 5.74) is 0.618. The third-order valence-corrected chi connectivity index (χ3v) is 7.21. The first-order chi connectivity index (χ1) is 15.2. The second kappa shape index (κ2) is 8.44. The number of hydrogen-bond donors (Lipinski definition) is 0. The number of ether oxygens (including phenoxy) is 1. The number of anilines is 1. The number of alkyl halides is 3. The van der Waals surface area contributed by atoms with Crippen molar-refractivity contribution < 1.29 is 31.2 Å². The molecule has 4 rings (SSSR count). The van der Waals surface area contributed by atoms with Crippen LogP contribution in [0.5, 0.6) is 5.75 Å². The van der Waals surface area contributed by atoms with Crippen LogP contribution in [0.15, 0.2) is 84.0 Å². The lowest BCUT2D eigenvalue weighted by atomic mass is 10.00. The number of pyridine rings is 1. The van der Waals surface area contributed by atoms with Crippen molar-refractivity contribution in [1.29, 1.82) is 0 Å². The number of hydrogen-bond acceptors (Lipinski definition) is 6. The largest absolute Gasteiger partial charge is 0.497 e. The predicted octanol–water partition coefficient (Wildman–Crippen LogP) is 4.36. The molecule has 2 heterocycles. The topological polar surface area (TPSA) is 68.7 Å². The summed E-state index contributed by atoms with van der Waals surface area (Å²) in [6.07, 6.45) is -6.31. The van der Waals surface area contributed by atoms with Crippen molar-refractivity contribution in [2.75, 3.05) is 12.2 Å². The van der Waals surface area contributed by atoms with Crippen molar-refractivity contribution in [3.8, 4) is 5.75 Å². The Bertz CT molecular complexity index is 1160. The molecule has 3 aromatic rings. The minimum absolute atomic E-state index is 0.293. The number of benzene rings is 2. The summed E-state index contributed by atoms with van der Waals surface area (Å²) < 4.78 is 74.4. The van der Waals surface area contributed by atoms with Crippen LogP contribution in [0, 0.1) is 0 Å². The molecule has 1 aromatic heterocycles. The summed E-state index contributed by atoms with van der Waals surface area (Å²) in [5.74, 6) is 0.482. The maximum absolute atomic E-state index is 14.1. The lowest BCUT2D eigenvalue weighted by Gasteiger charge is -2.27. The van der Waals surface area contributed by atoms with Gasteiger partial charge in [0, 0.05) is 6.20 Å². The molecule has 10 heteroatoms. The first kappa shape index (κ1) is 22.1. The van der Waals surface area contributed by atoms with Gasteiger partial charge in [0.2, 0.25) is 15.9 Å². The Kier molecular flexibility index (Phi) is 5.83. The van der Waals surface area contributed by atoms with E-state index >= 15 is 0 Å². The van der Waals surface area contributed by atoms with Gasteiger partial charge in [0.15, 0.2) is 5.03 Å². The van der Waals surface area contributed by atoms with Crippen LogP contribution in [0.4, 0.5) is 18.9 Å². The molecule has 0 radical (unpaired) electrons. The molecule has 32 heavy (non-hydrogen) atoms. The van der Waals surface area contributed by atoms with Crippen LogP contribution in [0.1, 0.15) is 11.6 Å². The molecule has 2 aromatic carbocycles. The Morgan fingerprint density at radius 2 is 1.62 bits per heavy atom. The zero-order valence-corrected chi connectivity index (χ0v) is 17.6. The third kappa shape index (κ3) is 4.03. The van der Waals surface area contributed by atoms with Crippen LogP contribution in [-0.4, -0.2) is 38.0 Å². The minimum Gasteiger partial charge on any atom is -0.497 e. The second-order valence-corrected chi connectivity index (χ2v) is 9.18. The molecule has 3 atom stereocenters. The summed E-state index contributed by atoms with van der Waals surface area (Å²) in [6.45, 7) is 0. The number of aromatic nitrogens is 1. The zero-order chi connectivity index (χ0) is 22.9. The molecule has 168 valence electrons. The number of para-hydroxylation sites is 1. The maximum Gasteiger partial charge on any atom is 0.418 e. The van der Waals surface area contributed by atoms with Gasteiger partial charge in [-0.1, -0.05) is 36.4 Å². The Morgan fingerprint density at radius 1 is 0.969 bits per heavy atom. The van der Waals surface area contributed by atoms with Gasteiger partial charge in [-0.15, -0.1) is 0 Å². The highest BCUT2D eigenvalue weighted by atomic mass is 32.2. The summed E-state index contributed by atoms with van der Waals surface area (Å²) >= 11 is 0. The van der Waals surface area contributed by atoms with Gasteiger partial charge in [-0.25, -0.2) is 18.5 Å². The van der Waals surface area contributed by atoms with Crippen LogP contribution in [0.2, 0.25) is 0 Å². The summed E-state index contributed by atoms with van der Waals surface area (Å²) in [5, 5.41) is -1.42. The van der Waals surface area contributed by atoms with Crippen LogP contribution in [-0.2, 0) is 14.7 Å². The fourth-order valence-electron chi connectivity index (χ4n) is 3.70. The monoisotopic (exact) mass is 464 g/mol. The molecule has 0 N–H and O–H groups in total. The Morgan fingerprint density at radius 3 is 2.19 bits per heavy atom. The highest BCUT2D eigenvalue weighted by Crippen LogP contribution is 2.47. The summed E-state index contributed by atoms with van der Waals surface area (Å²) in [7, 11) is -3.10. The average Bonchev–Trinajstić information content (AvgIpc) is 3.22. The highest BCUT2D eigenvalue weighted by molar-refractivity contribution is 7.92. The van der Waals surface area contributed by atoms with Crippen molar-refractivity contribution >= 4 is 15.5 Å². The third-order valence-electron chi connectivity index (χ3n) is 5.17. The first-order valence-corrected chi connectivity index (χ1v) is 11.1. The molecule has 1 fully saturated rings. The van der Waals surface area contributed by atoms with Gasteiger partial charge < -0.3 is 4.74 Å². The zero-order valence-electron chi connectivity index (χ0n) is 16.8. The number of halogens is 3. The first-order valence-electron chi connectivity index (χ1n) is 9.60. The molecule has 0 amide bonds. The van der Waals surface area contributed by atoms with E-state index in [0.717, 1.165) is 5.06 Å². The number of rotatable bonds is 5. The van der Waals surface area contributed by atoms with E-state index < -0.39 is 38.4 Å². The van der Waals surface area contributed by atoms with E-state index in [9.17, 15) is 21.6 Å². The van der Waals surface area contributed by atoms with E-state index in [1.807, 2.05) is 0 Å². The lowest BCUT2D eigenvalue weighted by molar-refractivity contribution is -0.208. The van der Waals surface area contributed by atoms with Gasteiger partial charge in [-0.3, -0.25) is 4.84 Å². The SMILES string of the molecule is COc1ccc([C@@H]2[C@@H](S(=O)(=O)c3ccccn3)[C@H](C(F)(F)F)ON2c2ccccc2)cc1. The number of sulfone groups is 1. The highest BCUT2D eigenvalue weighted by Gasteiger charge is 2.62. The molecule has 1 saturated heterocycles. The number of hydroxylamine groups is 1. The Labute approximate surface area is 183 Å². The maximum atomic E-state index is 14.1. The van der Waals surface area contributed by atoms with Crippen molar-refractivity contribution in [2.24, 2.45) is 0 Å². The average molecular weight is 464 g/mol. The van der Waals surface area contributed by atoms with E-state index in [1.54, 1.807) is 42.5 Å². The Balaban J connectivity index is 1.92. The summed E-state index contributed by atoms with van der Waals surface area (Å²) in [6, 6.07) is 17.0. The molecule has 0 unspecified atom stereocenters. The van der Waals surface area contributed by atoms with Gasteiger partial charge in [0.25, 0.3) is 0 Å². The van der Waals surface area contributed by atoms with E-state index in [4.69, 9.17) is 9.57 Å². The molecule has 0 saturated carbocycles. The fourth-order valence-corrected chi connectivity index (χ4v) is 5.59. The van der Waals surface area contributed by atoms with Crippen molar-refractivity contribution in [3.63, 3.8) is 0 Å². The minimum atomic E-state index is -4.94. The van der Waals surface area contributed by atoms with Crippen LogP contribution in [0.3, 0.4) is 0 Å². The molecule has 0 aliphatic carbocycles. The standard InChI is InChI=1S/C22H19F3N2O4S/c1-30-17-12-10-15(11-13-17)19-20(32(28,29)18-9-5-6-14-26-18)21(22(23,24)25)31-27(19)16-7-3-2-4-8-16/h2-14,19-21H,1H3/t19-,20-,21-/m1/s1. The number of methoxy groups -OCH3 is 1. The van der Waals surface area contributed by atoms with E-state index in [-0.39, 0.29) is 0 Å². The predicted molar refractivity (Wildman–Crippen MR) is 111 cm³/mol.